The van der Waals surface area contributed by atoms with Crippen molar-refractivity contribution in [3.8, 4) is 5.75 Å². The third-order valence-corrected chi connectivity index (χ3v) is 2.40. The number of allylic oxidation sites excluding steroid dienone is 1. The first kappa shape index (κ1) is 11.0. The summed E-state index contributed by atoms with van der Waals surface area (Å²) >= 11 is 6.04. The van der Waals surface area contributed by atoms with Gasteiger partial charge in [0.15, 0.2) is 16.7 Å². The summed E-state index contributed by atoms with van der Waals surface area (Å²) in [6.07, 6.45) is 1.80. The predicted molar refractivity (Wildman–Crippen MR) is 66.5 cm³/mol. The van der Waals surface area contributed by atoms with Gasteiger partial charge in [0.1, 0.15) is 5.69 Å². The molecule has 0 unspecified atom stereocenters. The molecule has 0 radical (unpaired) electrons. The molecule has 0 fully saturated rings. The van der Waals surface area contributed by atoms with Crippen molar-refractivity contribution < 1.29 is 4.74 Å². The number of aliphatic imine (C=N–C) groups is 1. The molecule has 4 heteroatoms. The van der Waals surface area contributed by atoms with Crippen LogP contribution >= 0.6 is 11.6 Å². The normalized spacial score (nSPS) is 16.5. The van der Waals surface area contributed by atoms with Gasteiger partial charge in [-0.1, -0.05) is 17.7 Å². The molecule has 0 spiro atoms. The van der Waals surface area contributed by atoms with Gasteiger partial charge in [-0.05, 0) is 24.6 Å². The van der Waals surface area contributed by atoms with Gasteiger partial charge in [0, 0.05) is 20.3 Å². The van der Waals surface area contributed by atoms with E-state index < -0.39 is 0 Å². The van der Waals surface area contributed by atoms with Crippen molar-refractivity contribution in [3.05, 3.63) is 35.7 Å². The first-order valence-electron chi connectivity index (χ1n) is 4.97. The maximum absolute atomic E-state index is 6.04. The molecule has 0 N–H and O–H groups in total. The molecular formula is C12H13ClN2O. The smallest absolute Gasteiger partial charge is 0.180 e. The molecule has 2 rings (SSSR count). The van der Waals surface area contributed by atoms with Gasteiger partial charge in [-0.2, -0.15) is 0 Å². The van der Waals surface area contributed by atoms with E-state index >= 15 is 0 Å². The van der Waals surface area contributed by atoms with Crippen LogP contribution < -0.4 is 4.74 Å². The zero-order valence-electron chi connectivity index (χ0n) is 9.49. The number of hydrogen-bond acceptors (Lipinski definition) is 3. The van der Waals surface area contributed by atoms with Crippen LogP contribution in [0.25, 0.3) is 0 Å². The fourth-order valence-corrected chi connectivity index (χ4v) is 1.62. The van der Waals surface area contributed by atoms with Crippen LogP contribution in [0.3, 0.4) is 0 Å². The summed E-state index contributed by atoms with van der Waals surface area (Å²) in [6.45, 7) is 2.01. The average molecular weight is 237 g/mol. The van der Waals surface area contributed by atoms with Crippen LogP contribution in [0, 0.1) is 6.92 Å². The molecule has 1 aromatic rings. The summed E-state index contributed by atoms with van der Waals surface area (Å²) in [5, 5.41) is 0.381. The van der Waals surface area contributed by atoms with Crippen molar-refractivity contribution in [1.82, 2.24) is 4.90 Å². The van der Waals surface area contributed by atoms with Crippen LogP contribution in [0.1, 0.15) is 5.56 Å². The highest BCUT2D eigenvalue weighted by Gasteiger charge is 2.17. The Morgan fingerprint density at radius 3 is 2.81 bits per heavy atom. The number of aryl methyl sites for hydroxylation is 1. The summed E-state index contributed by atoms with van der Waals surface area (Å²) in [7, 11) is 3.82. The third kappa shape index (κ3) is 2.19. The fourth-order valence-electron chi connectivity index (χ4n) is 1.44. The number of fused-ring (bicyclic) bond motifs is 1. The minimum Gasteiger partial charge on any atom is -0.450 e. The van der Waals surface area contributed by atoms with E-state index in [9.17, 15) is 0 Å². The van der Waals surface area contributed by atoms with Gasteiger partial charge in [0.25, 0.3) is 0 Å². The molecule has 84 valence electrons. The average Bonchev–Trinajstić information content (AvgIpc) is 2.19. The third-order valence-electron chi connectivity index (χ3n) is 2.13. The van der Waals surface area contributed by atoms with Crippen LogP contribution in [0.5, 0.6) is 5.75 Å². The zero-order chi connectivity index (χ0) is 11.7. The van der Waals surface area contributed by atoms with Gasteiger partial charge >= 0.3 is 0 Å². The van der Waals surface area contributed by atoms with E-state index in [4.69, 9.17) is 16.3 Å². The molecule has 1 aliphatic rings. The van der Waals surface area contributed by atoms with Crippen molar-refractivity contribution in [2.45, 2.75) is 6.92 Å². The maximum Gasteiger partial charge on any atom is 0.180 e. The summed E-state index contributed by atoms with van der Waals surface area (Å²) in [4.78, 5) is 6.17. The highest BCUT2D eigenvalue weighted by atomic mass is 35.5. The second-order valence-electron chi connectivity index (χ2n) is 3.93. The van der Waals surface area contributed by atoms with Gasteiger partial charge in [0.05, 0.1) is 0 Å². The van der Waals surface area contributed by atoms with Crippen molar-refractivity contribution in [2.24, 2.45) is 4.99 Å². The number of hydrogen-bond donors (Lipinski definition) is 0. The zero-order valence-corrected chi connectivity index (χ0v) is 10.2. The molecule has 16 heavy (non-hydrogen) atoms. The Balaban J connectivity index is 2.42. The minimum atomic E-state index is 0.381. The van der Waals surface area contributed by atoms with Crippen molar-refractivity contribution in [2.75, 3.05) is 14.1 Å². The molecule has 0 amide bonds. The second-order valence-corrected chi connectivity index (χ2v) is 4.29. The molecule has 0 saturated carbocycles. The number of benzene rings is 1. The van der Waals surface area contributed by atoms with E-state index in [2.05, 4.69) is 4.99 Å². The van der Waals surface area contributed by atoms with Crippen LogP contribution in [-0.2, 0) is 0 Å². The van der Waals surface area contributed by atoms with Gasteiger partial charge in [-0.3, -0.25) is 0 Å². The molecule has 1 aliphatic heterocycles. The molecule has 0 saturated heterocycles. The Bertz CT molecular complexity index is 478. The molecular weight excluding hydrogens is 224 g/mol. The van der Waals surface area contributed by atoms with E-state index in [1.54, 1.807) is 6.20 Å². The summed E-state index contributed by atoms with van der Waals surface area (Å²) in [6, 6.07) is 5.84. The molecule has 0 atom stereocenters. The van der Waals surface area contributed by atoms with Crippen LogP contribution in [0.2, 0.25) is 0 Å². The lowest BCUT2D eigenvalue weighted by molar-refractivity contribution is 0.428. The fraction of sp³-hybridized carbons (Fsp3) is 0.250. The van der Waals surface area contributed by atoms with E-state index in [1.807, 2.05) is 44.1 Å². The first-order valence-corrected chi connectivity index (χ1v) is 5.35. The van der Waals surface area contributed by atoms with Crippen molar-refractivity contribution >= 4 is 22.5 Å². The summed E-state index contributed by atoms with van der Waals surface area (Å²) < 4.78 is 5.67. The van der Waals surface area contributed by atoms with Gasteiger partial charge in [-0.25, -0.2) is 4.99 Å². The molecule has 1 aromatic carbocycles. The quantitative estimate of drug-likeness (QED) is 0.749. The Labute approximate surface area is 100.0 Å². The Hall–Kier alpha value is -1.48. The van der Waals surface area contributed by atoms with Crippen LogP contribution in [0.4, 0.5) is 5.69 Å². The topological polar surface area (TPSA) is 24.8 Å². The number of rotatable bonds is 1. The molecule has 0 aromatic heterocycles. The Morgan fingerprint density at radius 1 is 1.38 bits per heavy atom. The lowest BCUT2D eigenvalue weighted by Crippen LogP contribution is -2.13. The highest BCUT2D eigenvalue weighted by molar-refractivity contribution is 6.69. The van der Waals surface area contributed by atoms with Crippen LogP contribution in [0.15, 0.2) is 35.2 Å². The molecule has 0 aliphatic carbocycles. The summed E-state index contributed by atoms with van der Waals surface area (Å²) in [5.41, 5.74) is 1.91. The highest BCUT2D eigenvalue weighted by Crippen LogP contribution is 2.35. The largest absolute Gasteiger partial charge is 0.450 e. The number of ether oxygens (including phenoxy) is 1. The van der Waals surface area contributed by atoms with E-state index in [0.29, 0.717) is 10.9 Å². The minimum absolute atomic E-state index is 0.381. The molecule has 1 heterocycles. The Morgan fingerprint density at radius 2 is 2.12 bits per heavy atom. The van der Waals surface area contributed by atoms with Gasteiger partial charge in [-0.15, -0.1) is 0 Å². The lowest BCUT2D eigenvalue weighted by atomic mass is 10.2. The lowest BCUT2D eigenvalue weighted by Gasteiger charge is -2.18. The predicted octanol–water partition coefficient (Wildman–Crippen LogP) is 3.06. The van der Waals surface area contributed by atoms with Gasteiger partial charge < -0.3 is 9.64 Å². The van der Waals surface area contributed by atoms with Crippen LogP contribution in [-0.4, -0.2) is 24.2 Å². The second kappa shape index (κ2) is 4.18. The molecule has 0 bridgehead atoms. The maximum atomic E-state index is 6.04. The van der Waals surface area contributed by atoms with Crippen molar-refractivity contribution in [1.29, 1.82) is 0 Å². The monoisotopic (exact) mass is 236 g/mol. The van der Waals surface area contributed by atoms with E-state index in [0.717, 1.165) is 17.0 Å². The molecule has 3 nitrogen and oxygen atoms in total. The Kier molecular flexibility index (Phi) is 2.88. The first-order chi connectivity index (χ1) is 7.56. The van der Waals surface area contributed by atoms with E-state index in [1.165, 1.54) is 0 Å². The number of halogens is 1. The standard InChI is InChI=1S/C12H13ClN2O/c1-8-4-5-10-9(6-8)14-12(13)11(16-10)7-15(2)3/h4-7H,1-3H3/b11-7-. The number of nitrogens with zero attached hydrogens (tertiary/aromatic N) is 2. The van der Waals surface area contributed by atoms with Gasteiger partial charge in [0.2, 0.25) is 0 Å². The SMILES string of the molecule is Cc1ccc2c(c1)N=C(Cl)/C(=C/N(C)C)O2. The summed E-state index contributed by atoms with van der Waals surface area (Å²) in [5.74, 6) is 1.31. The van der Waals surface area contributed by atoms with E-state index in [-0.39, 0.29) is 0 Å². The van der Waals surface area contributed by atoms with Crippen molar-refractivity contribution in [3.63, 3.8) is 0 Å².